The molecule has 3 rings (SSSR count). The van der Waals surface area contributed by atoms with Gasteiger partial charge in [0.25, 0.3) is 0 Å². The third-order valence-corrected chi connectivity index (χ3v) is 6.05. The molecule has 0 aromatic heterocycles. The van der Waals surface area contributed by atoms with Crippen molar-refractivity contribution in [3.05, 3.63) is 0 Å². The van der Waals surface area contributed by atoms with E-state index in [9.17, 15) is 4.79 Å². The van der Waals surface area contributed by atoms with Gasteiger partial charge >= 0.3 is 0 Å². The maximum atomic E-state index is 13.1. The summed E-state index contributed by atoms with van der Waals surface area (Å²) in [6.45, 7) is 3.04. The Labute approximate surface area is 122 Å². The van der Waals surface area contributed by atoms with E-state index < -0.39 is 5.60 Å². The summed E-state index contributed by atoms with van der Waals surface area (Å²) < 4.78 is 11.7. The van der Waals surface area contributed by atoms with Crippen LogP contribution in [0.4, 0.5) is 0 Å². The highest BCUT2D eigenvalue weighted by atomic mass is 16.5. The van der Waals surface area contributed by atoms with Gasteiger partial charge in [0.05, 0.1) is 5.60 Å². The van der Waals surface area contributed by atoms with Gasteiger partial charge in [-0.15, -0.1) is 0 Å². The first-order valence-corrected chi connectivity index (χ1v) is 8.33. The Morgan fingerprint density at radius 3 is 2.40 bits per heavy atom. The summed E-state index contributed by atoms with van der Waals surface area (Å²) in [5, 5.41) is 0. The Bertz CT molecular complexity index is 364. The van der Waals surface area contributed by atoms with Gasteiger partial charge in [-0.2, -0.15) is 0 Å². The third-order valence-electron chi connectivity index (χ3n) is 6.05. The van der Waals surface area contributed by atoms with Crippen molar-refractivity contribution >= 4 is 5.78 Å². The number of carbonyl (C=O) groups excluding carboxylic acids is 1. The zero-order valence-corrected chi connectivity index (χ0v) is 13.0. The molecule has 0 bridgehead atoms. The lowest BCUT2D eigenvalue weighted by Crippen LogP contribution is -2.53. The first-order chi connectivity index (χ1) is 9.59. The second-order valence-corrected chi connectivity index (χ2v) is 7.32. The lowest BCUT2D eigenvalue weighted by Gasteiger charge is -2.48. The molecule has 1 saturated heterocycles. The van der Waals surface area contributed by atoms with E-state index in [0.717, 1.165) is 63.9 Å². The molecule has 1 unspecified atom stereocenters. The van der Waals surface area contributed by atoms with Crippen molar-refractivity contribution in [2.45, 2.75) is 75.9 Å². The topological polar surface area (TPSA) is 35.5 Å². The molecule has 3 nitrogen and oxygen atoms in total. The average Bonchev–Trinajstić information content (AvgIpc) is 2.46. The fourth-order valence-corrected chi connectivity index (χ4v) is 4.32. The van der Waals surface area contributed by atoms with E-state index in [2.05, 4.69) is 6.92 Å². The van der Waals surface area contributed by atoms with Crippen LogP contribution in [0.2, 0.25) is 0 Å². The van der Waals surface area contributed by atoms with Crippen molar-refractivity contribution < 1.29 is 14.3 Å². The van der Waals surface area contributed by atoms with E-state index in [1.807, 2.05) is 0 Å². The highest BCUT2D eigenvalue weighted by molar-refractivity contribution is 5.89. The van der Waals surface area contributed by atoms with Crippen LogP contribution >= 0.6 is 0 Å². The van der Waals surface area contributed by atoms with E-state index in [0.29, 0.717) is 5.78 Å². The number of hydrogen-bond donors (Lipinski definition) is 0. The first-order valence-electron chi connectivity index (χ1n) is 8.33. The second kappa shape index (κ2) is 5.42. The molecule has 2 saturated carbocycles. The summed E-state index contributed by atoms with van der Waals surface area (Å²) in [6, 6.07) is 0. The summed E-state index contributed by atoms with van der Waals surface area (Å²) in [5.41, 5.74) is -0.436. The number of hydrogen-bond acceptors (Lipinski definition) is 3. The van der Waals surface area contributed by atoms with Gasteiger partial charge in [0.1, 0.15) is 5.60 Å². The Morgan fingerprint density at radius 1 is 1.15 bits per heavy atom. The molecule has 0 radical (unpaired) electrons. The van der Waals surface area contributed by atoms with Crippen LogP contribution < -0.4 is 0 Å². The van der Waals surface area contributed by atoms with Gasteiger partial charge in [0, 0.05) is 19.6 Å². The largest absolute Gasteiger partial charge is 0.375 e. The van der Waals surface area contributed by atoms with Gasteiger partial charge in [-0.1, -0.05) is 6.92 Å². The molecule has 1 aliphatic heterocycles. The van der Waals surface area contributed by atoms with Gasteiger partial charge < -0.3 is 9.47 Å². The summed E-state index contributed by atoms with van der Waals surface area (Å²) in [5.74, 6) is 1.28. The molecule has 1 atom stereocenters. The van der Waals surface area contributed by atoms with Crippen molar-refractivity contribution in [2.75, 3.05) is 13.7 Å². The molecule has 0 amide bonds. The molecule has 0 aromatic carbocycles. The fraction of sp³-hybridized carbons (Fsp3) is 0.941. The molecule has 0 N–H and O–H groups in total. The first kappa shape index (κ1) is 14.5. The quantitative estimate of drug-likeness (QED) is 0.793. The number of rotatable bonds is 3. The molecule has 3 fully saturated rings. The number of Topliss-reactive ketones (excluding diaryl/α,β-unsaturated/α-hetero) is 1. The smallest absolute Gasteiger partial charge is 0.167 e. The zero-order valence-electron chi connectivity index (χ0n) is 13.0. The van der Waals surface area contributed by atoms with Crippen molar-refractivity contribution in [1.82, 2.24) is 0 Å². The Morgan fingerprint density at radius 2 is 1.85 bits per heavy atom. The van der Waals surface area contributed by atoms with E-state index in [-0.39, 0.29) is 11.5 Å². The minimum Gasteiger partial charge on any atom is -0.375 e. The Hall–Kier alpha value is -0.410. The predicted molar refractivity (Wildman–Crippen MR) is 77.6 cm³/mol. The molecule has 1 heterocycles. The molecule has 114 valence electrons. The van der Waals surface area contributed by atoms with Crippen LogP contribution in [-0.2, 0) is 14.3 Å². The van der Waals surface area contributed by atoms with Gasteiger partial charge in [-0.3, -0.25) is 4.79 Å². The van der Waals surface area contributed by atoms with Gasteiger partial charge in [0.15, 0.2) is 5.78 Å². The van der Waals surface area contributed by atoms with Crippen LogP contribution in [-0.4, -0.2) is 30.7 Å². The molecule has 3 aliphatic rings. The number of carbonyl (C=O) groups is 1. The van der Waals surface area contributed by atoms with Crippen molar-refractivity contribution in [3.63, 3.8) is 0 Å². The van der Waals surface area contributed by atoms with Gasteiger partial charge in [-0.25, -0.2) is 0 Å². The molecule has 2 aliphatic carbocycles. The van der Waals surface area contributed by atoms with Crippen LogP contribution in [0.15, 0.2) is 0 Å². The minimum atomic E-state index is -0.487. The number of ether oxygens (including phenoxy) is 2. The monoisotopic (exact) mass is 280 g/mol. The Balaban J connectivity index is 1.70. The third kappa shape index (κ3) is 2.43. The van der Waals surface area contributed by atoms with E-state index >= 15 is 0 Å². The molecule has 1 spiro atoms. The zero-order chi connectivity index (χ0) is 14.2. The molecular formula is C17H28O3. The van der Waals surface area contributed by atoms with Crippen molar-refractivity contribution in [2.24, 2.45) is 11.8 Å². The lowest BCUT2D eigenvalue weighted by atomic mass is 9.67. The van der Waals surface area contributed by atoms with Crippen LogP contribution in [0.25, 0.3) is 0 Å². The highest BCUT2D eigenvalue weighted by Crippen LogP contribution is 2.46. The van der Waals surface area contributed by atoms with Gasteiger partial charge in [-0.05, 0) is 63.7 Å². The van der Waals surface area contributed by atoms with Crippen molar-refractivity contribution in [3.8, 4) is 0 Å². The average molecular weight is 280 g/mol. The van der Waals surface area contributed by atoms with Crippen LogP contribution in [0, 0.1) is 11.8 Å². The van der Waals surface area contributed by atoms with E-state index in [4.69, 9.17) is 9.47 Å². The van der Waals surface area contributed by atoms with Gasteiger partial charge in [0.2, 0.25) is 0 Å². The second-order valence-electron chi connectivity index (χ2n) is 7.32. The molecule has 0 aromatic rings. The summed E-state index contributed by atoms with van der Waals surface area (Å²) in [4.78, 5) is 13.1. The highest BCUT2D eigenvalue weighted by Gasteiger charge is 2.49. The standard InChI is InChI=1S/C17H28O3/c1-13-4-9-17(19-2,10-5-13)15(18)14-6-11-20-16(12-14)7-3-8-16/h13-14H,3-12H2,1-2H3. The van der Waals surface area contributed by atoms with Crippen molar-refractivity contribution in [1.29, 1.82) is 0 Å². The van der Waals surface area contributed by atoms with E-state index in [1.165, 1.54) is 6.42 Å². The van der Waals surface area contributed by atoms with Crippen LogP contribution in [0.1, 0.15) is 64.7 Å². The number of methoxy groups -OCH3 is 1. The maximum absolute atomic E-state index is 13.1. The summed E-state index contributed by atoms with van der Waals surface area (Å²) >= 11 is 0. The molecular weight excluding hydrogens is 252 g/mol. The summed E-state index contributed by atoms with van der Waals surface area (Å²) in [6.07, 6.45) is 9.44. The SMILES string of the molecule is COC1(C(=O)C2CCOC3(CCC3)C2)CCC(C)CC1. The predicted octanol–water partition coefficient (Wildman–Crippen LogP) is 3.50. The maximum Gasteiger partial charge on any atom is 0.167 e. The fourth-order valence-electron chi connectivity index (χ4n) is 4.32. The molecule has 3 heteroatoms. The minimum absolute atomic E-state index is 0.0511. The van der Waals surface area contributed by atoms with Crippen LogP contribution in [0.3, 0.4) is 0 Å². The normalized spacial score (nSPS) is 40.3. The summed E-state index contributed by atoms with van der Waals surface area (Å²) in [7, 11) is 1.73. The number of ketones is 1. The Kier molecular flexibility index (Phi) is 3.93. The van der Waals surface area contributed by atoms with E-state index in [1.54, 1.807) is 7.11 Å². The van der Waals surface area contributed by atoms with Crippen LogP contribution in [0.5, 0.6) is 0 Å². The lowest BCUT2D eigenvalue weighted by molar-refractivity contribution is -0.172. The molecule has 20 heavy (non-hydrogen) atoms.